The van der Waals surface area contributed by atoms with Crippen LogP contribution in [0.4, 0.5) is 5.82 Å². The highest BCUT2D eigenvalue weighted by Crippen LogP contribution is 2.31. The number of anilines is 1. The van der Waals surface area contributed by atoms with E-state index in [2.05, 4.69) is 22.1 Å². The van der Waals surface area contributed by atoms with Gasteiger partial charge in [0.25, 0.3) is 0 Å². The average molecular weight is 407 g/mol. The lowest BCUT2D eigenvalue weighted by molar-refractivity contribution is -0.125. The van der Waals surface area contributed by atoms with Crippen LogP contribution in [0.25, 0.3) is 17.3 Å². The molecule has 1 heterocycles. The lowest BCUT2D eigenvalue weighted by Gasteiger charge is -2.31. The summed E-state index contributed by atoms with van der Waals surface area (Å²) in [4.78, 5) is 16.1. The molecule has 0 atom stereocenters. The molecule has 6 nitrogen and oxygen atoms in total. The molecule has 1 aromatic carbocycles. The summed E-state index contributed by atoms with van der Waals surface area (Å²) in [5.74, 6) is 0.982. The van der Waals surface area contributed by atoms with E-state index in [-0.39, 0.29) is 11.7 Å². The highest BCUT2D eigenvalue weighted by molar-refractivity contribution is 5.92. The minimum Gasteiger partial charge on any atom is -0.507 e. The maximum absolute atomic E-state index is 12.1. The first-order valence-electron chi connectivity index (χ1n) is 10.9. The van der Waals surface area contributed by atoms with Crippen molar-refractivity contribution >= 4 is 17.8 Å². The highest BCUT2D eigenvalue weighted by Gasteiger charge is 2.28. The van der Waals surface area contributed by atoms with Crippen molar-refractivity contribution in [1.29, 1.82) is 0 Å². The van der Waals surface area contributed by atoms with E-state index in [9.17, 15) is 9.90 Å². The van der Waals surface area contributed by atoms with Gasteiger partial charge in [0, 0.05) is 37.8 Å². The number of aromatic hydroxyl groups is 1. The molecule has 0 unspecified atom stereocenters. The lowest BCUT2D eigenvalue weighted by Crippen LogP contribution is -2.34. The van der Waals surface area contributed by atoms with Crippen molar-refractivity contribution in [3.63, 3.8) is 0 Å². The number of hydrogen-bond acceptors (Lipinski definition) is 5. The summed E-state index contributed by atoms with van der Waals surface area (Å²) in [6.45, 7) is 0. The molecule has 158 valence electrons. The number of rotatable bonds is 6. The summed E-state index contributed by atoms with van der Waals surface area (Å²) in [5, 5.41) is 19.2. The van der Waals surface area contributed by atoms with Crippen LogP contribution in [0.3, 0.4) is 0 Å². The fourth-order valence-electron chi connectivity index (χ4n) is 4.11. The molecule has 2 aliphatic rings. The summed E-state index contributed by atoms with van der Waals surface area (Å²) >= 11 is 0. The van der Waals surface area contributed by atoms with Gasteiger partial charge >= 0.3 is 0 Å². The molecule has 2 aromatic rings. The molecular formula is C24H30N4O2. The zero-order valence-corrected chi connectivity index (χ0v) is 17.8. The van der Waals surface area contributed by atoms with E-state index in [4.69, 9.17) is 0 Å². The SMILES string of the molecule is CN(C(=O)/C=C/c1ccc(-c2ccc(N(C)C3CCCCC3)nn2)c(O)c1)C1CC1. The molecule has 6 heteroatoms. The van der Waals surface area contributed by atoms with E-state index in [0.717, 1.165) is 24.2 Å². The number of aromatic nitrogens is 2. The Balaban J connectivity index is 1.44. The van der Waals surface area contributed by atoms with Gasteiger partial charge in [-0.3, -0.25) is 4.79 Å². The number of carbonyl (C=O) groups excluding carboxylic acids is 1. The van der Waals surface area contributed by atoms with Gasteiger partial charge in [0.15, 0.2) is 5.82 Å². The highest BCUT2D eigenvalue weighted by atomic mass is 16.3. The van der Waals surface area contributed by atoms with Crippen molar-refractivity contribution in [2.24, 2.45) is 0 Å². The molecule has 4 rings (SSSR count). The normalized spacial score (nSPS) is 17.3. The molecule has 0 radical (unpaired) electrons. The molecule has 0 spiro atoms. The van der Waals surface area contributed by atoms with Crippen LogP contribution in [0.5, 0.6) is 5.75 Å². The standard InChI is InChI=1S/C24H30N4O2/c1-27(18-6-4-3-5-7-18)23-14-13-21(25-26-23)20-12-8-17(16-22(20)29)9-15-24(30)28(2)19-10-11-19/h8-9,12-16,18-19,29H,3-7,10-11H2,1-2H3/b15-9+. The van der Waals surface area contributed by atoms with Gasteiger partial charge in [0.1, 0.15) is 5.75 Å². The fraction of sp³-hybridized carbons (Fsp3) is 0.458. The molecule has 0 aliphatic heterocycles. The van der Waals surface area contributed by atoms with Crippen molar-refractivity contribution in [3.8, 4) is 17.0 Å². The molecular weight excluding hydrogens is 376 g/mol. The quantitative estimate of drug-likeness (QED) is 0.726. The van der Waals surface area contributed by atoms with Crippen LogP contribution in [-0.4, -0.2) is 52.3 Å². The average Bonchev–Trinajstić information content (AvgIpc) is 3.63. The Bertz CT molecular complexity index is 915. The van der Waals surface area contributed by atoms with Crippen molar-refractivity contribution in [2.75, 3.05) is 19.0 Å². The third-order valence-corrected chi connectivity index (χ3v) is 6.29. The van der Waals surface area contributed by atoms with E-state index in [0.29, 0.717) is 23.3 Å². The zero-order chi connectivity index (χ0) is 21.1. The second-order valence-electron chi connectivity index (χ2n) is 8.47. The van der Waals surface area contributed by atoms with Gasteiger partial charge in [0.2, 0.25) is 5.91 Å². The van der Waals surface area contributed by atoms with E-state index in [1.165, 1.54) is 32.1 Å². The van der Waals surface area contributed by atoms with Gasteiger partial charge in [-0.15, -0.1) is 10.2 Å². The number of likely N-dealkylation sites (N-methyl/N-ethyl adjacent to an activating group) is 1. The van der Waals surface area contributed by atoms with Crippen LogP contribution in [-0.2, 0) is 4.79 Å². The second kappa shape index (κ2) is 8.86. The number of hydrogen-bond donors (Lipinski definition) is 1. The first kappa shape index (κ1) is 20.4. The van der Waals surface area contributed by atoms with E-state index in [1.807, 2.05) is 31.3 Å². The Morgan fingerprint density at radius 1 is 1.00 bits per heavy atom. The van der Waals surface area contributed by atoms with Crippen molar-refractivity contribution in [2.45, 2.75) is 57.0 Å². The third-order valence-electron chi connectivity index (χ3n) is 6.29. The number of benzene rings is 1. The second-order valence-corrected chi connectivity index (χ2v) is 8.47. The van der Waals surface area contributed by atoms with Gasteiger partial charge in [-0.25, -0.2) is 0 Å². The summed E-state index contributed by atoms with van der Waals surface area (Å²) in [6.07, 6.45) is 11.7. The third kappa shape index (κ3) is 4.64. The van der Waals surface area contributed by atoms with E-state index < -0.39 is 0 Å². The first-order valence-corrected chi connectivity index (χ1v) is 10.9. The molecule has 0 bridgehead atoms. The fourth-order valence-corrected chi connectivity index (χ4v) is 4.11. The summed E-state index contributed by atoms with van der Waals surface area (Å²) in [6, 6.07) is 10.1. The molecule has 2 aliphatic carbocycles. The Hall–Kier alpha value is -2.89. The largest absolute Gasteiger partial charge is 0.507 e. The minimum absolute atomic E-state index is 0.00962. The molecule has 2 fully saturated rings. The Morgan fingerprint density at radius 3 is 2.40 bits per heavy atom. The first-order chi connectivity index (χ1) is 14.5. The van der Waals surface area contributed by atoms with Crippen LogP contribution >= 0.6 is 0 Å². The predicted octanol–water partition coefficient (Wildman–Crippen LogP) is 4.25. The number of nitrogens with zero attached hydrogens (tertiary/aromatic N) is 4. The monoisotopic (exact) mass is 406 g/mol. The van der Waals surface area contributed by atoms with Crippen LogP contribution < -0.4 is 4.90 Å². The van der Waals surface area contributed by atoms with Gasteiger partial charge in [0.05, 0.1) is 5.69 Å². The van der Waals surface area contributed by atoms with Crippen LogP contribution in [0.2, 0.25) is 0 Å². The number of carbonyl (C=O) groups is 1. The van der Waals surface area contributed by atoms with Crippen molar-refractivity contribution < 1.29 is 9.90 Å². The molecule has 1 N–H and O–H groups in total. The summed E-state index contributed by atoms with van der Waals surface area (Å²) in [7, 11) is 3.92. The maximum Gasteiger partial charge on any atom is 0.246 e. The molecule has 30 heavy (non-hydrogen) atoms. The van der Waals surface area contributed by atoms with E-state index in [1.54, 1.807) is 23.1 Å². The lowest BCUT2D eigenvalue weighted by atomic mass is 9.94. The number of phenolic OH excluding ortho intramolecular Hbond substituents is 1. The smallest absolute Gasteiger partial charge is 0.246 e. The molecule has 2 saturated carbocycles. The molecule has 0 saturated heterocycles. The van der Waals surface area contributed by atoms with Crippen molar-refractivity contribution in [1.82, 2.24) is 15.1 Å². The minimum atomic E-state index is -0.00962. The number of amides is 1. The molecule has 1 aromatic heterocycles. The predicted molar refractivity (Wildman–Crippen MR) is 119 cm³/mol. The Kier molecular flexibility index (Phi) is 6.02. The van der Waals surface area contributed by atoms with Gasteiger partial charge in [-0.1, -0.05) is 25.3 Å². The summed E-state index contributed by atoms with van der Waals surface area (Å²) in [5.41, 5.74) is 2.04. The van der Waals surface area contributed by atoms with Crippen LogP contribution in [0.1, 0.15) is 50.5 Å². The van der Waals surface area contributed by atoms with Gasteiger partial charge in [-0.05, 0) is 61.6 Å². The summed E-state index contributed by atoms with van der Waals surface area (Å²) < 4.78 is 0. The van der Waals surface area contributed by atoms with Crippen LogP contribution in [0.15, 0.2) is 36.4 Å². The zero-order valence-electron chi connectivity index (χ0n) is 17.8. The van der Waals surface area contributed by atoms with Crippen LogP contribution in [0, 0.1) is 0 Å². The Morgan fingerprint density at radius 2 is 1.77 bits per heavy atom. The van der Waals surface area contributed by atoms with E-state index >= 15 is 0 Å². The van der Waals surface area contributed by atoms with Gasteiger partial charge < -0.3 is 14.9 Å². The Labute approximate surface area is 178 Å². The number of phenols is 1. The maximum atomic E-state index is 12.1. The van der Waals surface area contributed by atoms with Gasteiger partial charge in [-0.2, -0.15) is 0 Å². The molecule has 1 amide bonds. The van der Waals surface area contributed by atoms with Crippen molar-refractivity contribution in [3.05, 3.63) is 42.0 Å². The topological polar surface area (TPSA) is 69.6 Å².